The maximum Gasteiger partial charge on any atom is 0.226 e. The van der Waals surface area contributed by atoms with Gasteiger partial charge < -0.3 is 19.1 Å². The van der Waals surface area contributed by atoms with Crippen molar-refractivity contribution in [1.29, 1.82) is 0 Å². The van der Waals surface area contributed by atoms with Crippen molar-refractivity contribution in [3.05, 3.63) is 53.6 Å². The fourth-order valence-corrected chi connectivity index (χ4v) is 4.49. The van der Waals surface area contributed by atoms with Gasteiger partial charge in [0.05, 0.1) is 27.8 Å². The standard InChI is InChI=1S/C25H34N2O4/c1-6-27-14-13-19(25(27)22-12-11-21(30-4)16-23(22)31-5)17-26(2)24(28)15-18-7-9-20(29-3)10-8-18/h7-12,16,19,25H,6,13-15,17H2,1-5H3/t19-,25+/m0/s1. The van der Waals surface area contributed by atoms with E-state index in [4.69, 9.17) is 14.2 Å². The molecule has 2 aromatic rings. The van der Waals surface area contributed by atoms with Crippen LogP contribution in [0.1, 0.15) is 30.5 Å². The Morgan fingerprint density at radius 3 is 2.32 bits per heavy atom. The lowest BCUT2D eigenvalue weighted by Gasteiger charge is -2.31. The summed E-state index contributed by atoms with van der Waals surface area (Å²) in [6, 6.07) is 13.9. The van der Waals surface area contributed by atoms with Crippen molar-refractivity contribution in [3.8, 4) is 17.2 Å². The molecule has 0 aliphatic carbocycles. The summed E-state index contributed by atoms with van der Waals surface area (Å²) in [7, 11) is 6.91. The number of methoxy groups -OCH3 is 3. The molecule has 0 unspecified atom stereocenters. The second kappa shape index (κ2) is 10.5. The van der Waals surface area contributed by atoms with E-state index in [0.717, 1.165) is 47.9 Å². The van der Waals surface area contributed by atoms with E-state index in [0.29, 0.717) is 18.9 Å². The average Bonchev–Trinajstić information content (AvgIpc) is 3.21. The third-order valence-corrected chi connectivity index (χ3v) is 6.24. The minimum Gasteiger partial charge on any atom is -0.497 e. The van der Waals surface area contributed by atoms with Gasteiger partial charge in [0.25, 0.3) is 0 Å². The number of rotatable bonds is 9. The first kappa shape index (κ1) is 22.9. The lowest BCUT2D eigenvalue weighted by atomic mass is 9.92. The number of ether oxygens (including phenoxy) is 3. The molecule has 1 amide bonds. The molecule has 31 heavy (non-hydrogen) atoms. The van der Waals surface area contributed by atoms with Gasteiger partial charge in [-0.3, -0.25) is 9.69 Å². The van der Waals surface area contributed by atoms with Crippen LogP contribution >= 0.6 is 0 Å². The molecule has 0 N–H and O–H groups in total. The van der Waals surface area contributed by atoms with Crippen LogP contribution in [0.2, 0.25) is 0 Å². The number of nitrogens with zero attached hydrogens (tertiary/aromatic N) is 2. The van der Waals surface area contributed by atoms with Gasteiger partial charge in [-0.15, -0.1) is 0 Å². The molecule has 1 heterocycles. The lowest BCUT2D eigenvalue weighted by Crippen LogP contribution is -2.35. The maximum absolute atomic E-state index is 12.9. The second-order valence-corrected chi connectivity index (χ2v) is 8.03. The molecular formula is C25H34N2O4. The molecule has 1 aliphatic rings. The van der Waals surface area contributed by atoms with Crippen LogP contribution in [0, 0.1) is 5.92 Å². The van der Waals surface area contributed by atoms with E-state index in [1.54, 1.807) is 21.3 Å². The van der Waals surface area contributed by atoms with Crippen molar-refractivity contribution in [2.45, 2.75) is 25.8 Å². The Kier molecular flexibility index (Phi) is 7.80. The van der Waals surface area contributed by atoms with Crippen LogP contribution in [-0.4, -0.2) is 63.7 Å². The Morgan fingerprint density at radius 2 is 1.71 bits per heavy atom. The molecule has 1 fully saturated rings. The monoisotopic (exact) mass is 426 g/mol. The van der Waals surface area contributed by atoms with Crippen LogP contribution in [0.3, 0.4) is 0 Å². The minimum atomic E-state index is 0.126. The van der Waals surface area contributed by atoms with Crippen molar-refractivity contribution in [1.82, 2.24) is 9.80 Å². The fourth-order valence-electron chi connectivity index (χ4n) is 4.49. The Morgan fingerprint density at radius 1 is 1.03 bits per heavy atom. The normalized spacial score (nSPS) is 18.6. The molecule has 0 saturated carbocycles. The second-order valence-electron chi connectivity index (χ2n) is 8.03. The van der Waals surface area contributed by atoms with Crippen molar-refractivity contribution in [2.24, 2.45) is 5.92 Å². The van der Waals surface area contributed by atoms with E-state index in [1.165, 1.54) is 0 Å². The first-order valence-electron chi connectivity index (χ1n) is 10.8. The molecule has 0 aromatic heterocycles. The van der Waals surface area contributed by atoms with E-state index in [-0.39, 0.29) is 11.9 Å². The summed E-state index contributed by atoms with van der Waals surface area (Å²) >= 11 is 0. The van der Waals surface area contributed by atoms with Crippen LogP contribution < -0.4 is 14.2 Å². The maximum atomic E-state index is 12.9. The Balaban J connectivity index is 1.73. The highest BCUT2D eigenvalue weighted by atomic mass is 16.5. The van der Waals surface area contributed by atoms with Crippen LogP contribution in [-0.2, 0) is 11.2 Å². The third kappa shape index (κ3) is 5.31. The molecule has 2 aromatic carbocycles. The summed E-state index contributed by atoms with van der Waals surface area (Å²) in [6.07, 6.45) is 1.44. The highest BCUT2D eigenvalue weighted by Gasteiger charge is 2.37. The van der Waals surface area contributed by atoms with Gasteiger partial charge >= 0.3 is 0 Å². The average molecular weight is 427 g/mol. The molecule has 1 saturated heterocycles. The SMILES string of the molecule is CCN1CC[C@@H](CN(C)C(=O)Cc2ccc(OC)cc2)[C@@H]1c1ccc(OC)cc1OC. The van der Waals surface area contributed by atoms with Crippen LogP contribution in [0.15, 0.2) is 42.5 Å². The molecule has 168 valence electrons. The third-order valence-electron chi connectivity index (χ3n) is 6.24. The number of amides is 1. The van der Waals surface area contributed by atoms with E-state index >= 15 is 0 Å². The van der Waals surface area contributed by atoms with Crippen molar-refractivity contribution >= 4 is 5.91 Å². The Hall–Kier alpha value is -2.73. The zero-order chi connectivity index (χ0) is 22.4. The van der Waals surface area contributed by atoms with Crippen molar-refractivity contribution in [3.63, 3.8) is 0 Å². The van der Waals surface area contributed by atoms with Crippen LogP contribution in [0.25, 0.3) is 0 Å². The molecule has 0 bridgehead atoms. The largest absolute Gasteiger partial charge is 0.497 e. The first-order chi connectivity index (χ1) is 15.0. The molecule has 2 atom stereocenters. The zero-order valence-corrected chi connectivity index (χ0v) is 19.3. The topological polar surface area (TPSA) is 51.2 Å². The number of likely N-dealkylation sites (tertiary alicyclic amines) is 1. The van der Waals surface area contributed by atoms with Gasteiger partial charge in [-0.05, 0) is 49.2 Å². The first-order valence-corrected chi connectivity index (χ1v) is 10.8. The minimum absolute atomic E-state index is 0.126. The molecular weight excluding hydrogens is 392 g/mol. The summed E-state index contributed by atoms with van der Waals surface area (Å²) in [6.45, 7) is 4.87. The number of carbonyl (C=O) groups excluding carboxylic acids is 1. The number of hydrogen-bond donors (Lipinski definition) is 0. The fraction of sp³-hybridized carbons (Fsp3) is 0.480. The van der Waals surface area contributed by atoms with Gasteiger partial charge in [0, 0.05) is 31.3 Å². The van der Waals surface area contributed by atoms with E-state index < -0.39 is 0 Å². The summed E-state index contributed by atoms with van der Waals surface area (Å²) in [5.41, 5.74) is 2.15. The lowest BCUT2D eigenvalue weighted by molar-refractivity contribution is -0.129. The highest BCUT2D eigenvalue weighted by Crippen LogP contribution is 2.42. The van der Waals surface area contributed by atoms with Gasteiger partial charge in [-0.1, -0.05) is 25.1 Å². The van der Waals surface area contributed by atoms with Gasteiger partial charge in [0.2, 0.25) is 5.91 Å². The Labute approximate surface area is 185 Å². The summed E-state index contributed by atoms with van der Waals surface area (Å²) in [4.78, 5) is 17.2. The molecule has 3 rings (SSSR count). The molecule has 6 heteroatoms. The highest BCUT2D eigenvalue weighted by molar-refractivity contribution is 5.78. The number of benzene rings is 2. The molecule has 0 radical (unpaired) electrons. The smallest absolute Gasteiger partial charge is 0.226 e. The van der Waals surface area contributed by atoms with Crippen molar-refractivity contribution in [2.75, 3.05) is 48.0 Å². The number of hydrogen-bond acceptors (Lipinski definition) is 5. The summed E-state index contributed by atoms with van der Waals surface area (Å²) in [5.74, 6) is 2.88. The number of likely N-dealkylation sites (N-methyl/N-ethyl adjacent to an activating group) is 1. The van der Waals surface area contributed by atoms with Crippen LogP contribution in [0.5, 0.6) is 17.2 Å². The zero-order valence-electron chi connectivity index (χ0n) is 19.3. The summed E-state index contributed by atoms with van der Waals surface area (Å²) in [5, 5.41) is 0. The predicted molar refractivity (Wildman–Crippen MR) is 122 cm³/mol. The van der Waals surface area contributed by atoms with E-state index in [2.05, 4.69) is 17.9 Å². The van der Waals surface area contributed by atoms with Gasteiger partial charge in [-0.25, -0.2) is 0 Å². The van der Waals surface area contributed by atoms with Gasteiger partial charge in [0.1, 0.15) is 17.2 Å². The van der Waals surface area contributed by atoms with Gasteiger partial charge in [0.15, 0.2) is 0 Å². The summed E-state index contributed by atoms with van der Waals surface area (Å²) < 4.78 is 16.3. The van der Waals surface area contributed by atoms with Crippen molar-refractivity contribution < 1.29 is 19.0 Å². The number of carbonyl (C=O) groups is 1. The quantitative estimate of drug-likeness (QED) is 0.611. The molecule has 1 aliphatic heterocycles. The van der Waals surface area contributed by atoms with Gasteiger partial charge in [-0.2, -0.15) is 0 Å². The van der Waals surface area contributed by atoms with E-state index in [1.807, 2.05) is 48.3 Å². The molecule has 0 spiro atoms. The Bertz CT molecular complexity index is 868. The molecule has 6 nitrogen and oxygen atoms in total. The van der Waals surface area contributed by atoms with Crippen LogP contribution in [0.4, 0.5) is 0 Å². The predicted octanol–water partition coefficient (Wildman–Crippen LogP) is 3.80. The van der Waals surface area contributed by atoms with E-state index in [9.17, 15) is 4.79 Å².